The molecule has 0 saturated carbocycles. The number of anilines is 1. The summed E-state index contributed by atoms with van der Waals surface area (Å²) in [5.41, 5.74) is 5.75. The third-order valence-electron chi connectivity index (χ3n) is 5.05. The number of rotatable bonds is 8. The number of methoxy groups -OCH3 is 1. The minimum Gasteiger partial charge on any atom is -0.495 e. The van der Waals surface area contributed by atoms with Crippen molar-refractivity contribution < 1.29 is 22.3 Å². The number of nitrogens with one attached hydrogen (secondary N) is 1. The molecule has 1 N–H and O–H groups in total. The van der Waals surface area contributed by atoms with Crippen LogP contribution in [0, 0.1) is 19.7 Å². The summed E-state index contributed by atoms with van der Waals surface area (Å²) < 4.78 is 46.0. The highest BCUT2D eigenvalue weighted by Crippen LogP contribution is 2.32. The smallest absolute Gasteiger partial charge is 0.260 e. The van der Waals surface area contributed by atoms with Crippen molar-refractivity contribution in [2.75, 3.05) is 24.2 Å². The third kappa shape index (κ3) is 5.75. The third-order valence-corrected chi connectivity index (χ3v) is 6.41. The fraction of sp³-hybridized carbons (Fsp3) is 0.217. The van der Waals surface area contributed by atoms with Gasteiger partial charge in [0.25, 0.3) is 5.91 Å². The number of aromatic nitrogens is 1. The van der Waals surface area contributed by atoms with Gasteiger partial charge in [0, 0.05) is 27.7 Å². The van der Waals surface area contributed by atoms with E-state index in [-0.39, 0.29) is 17.3 Å². The predicted molar refractivity (Wildman–Crippen MR) is 131 cm³/mol. The molecule has 0 aliphatic carbocycles. The molecule has 1 heterocycles. The van der Waals surface area contributed by atoms with Crippen LogP contribution in [-0.4, -0.2) is 45.0 Å². The summed E-state index contributed by atoms with van der Waals surface area (Å²) in [5, 5.41) is 4.27. The van der Waals surface area contributed by atoms with E-state index >= 15 is 0 Å². The number of carbonyl (C=O) groups is 1. The Morgan fingerprint density at radius 1 is 1.21 bits per heavy atom. The number of benzene rings is 2. The van der Waals surface area contributed by atoms with E-state index in [1.807, 2.05) is 24.5 Å². The Morgan fingerprint density at radius 2 is 1.88 bits per heavy atom. The lowest BCUT2D eigenvalue weighted by atomic mass is 10.2. The molecule has 0 fully saturated rings. The van der Waals surface area contributed by atoms with Crippen LogP contribution in [0.5, 0.6) is 5.75 Å². The van der Waals surface area contributed by atoms with Crippen molar-refractivity contribution in [1.29, 1.82) is 0 Å². The van der Waals surface area contributed by atoms with E-state index < -0.39 is 22.5 Å². The van der Waals surface area contributed by atoms with Gasteiger partial charge in [-0.05, 0) is 62.4 Å². The lowest BCUT2D eigenvalue weighted by Crippen LogP contribution is -2.39. The molecule has 1 amide bonds. The van der Waals surface area contributed by atoms with Crippen LogP contribution in [0.2, 0.25) is 5.02 Å². The topological polar surface area (TPSA) is 93.0 Å². The van der Waals surface area contributed by atoms with Gasteiger partial charge in [-0.25, -0.2) is 18.2 Å². The Bertz CT molecular complexity index is 1340. The van der Waals surface area contributed by atoms with Crippen molar-refractivity contribution in [2.45, 2.75) is 13.8 Å². The molecular formula is C23H24ClFN4O4S. The number of aryl methyl sites for hydroxylation is 1. The average molecular weight is 507 g/mol. The summed E-state index contributed by atoms with van der Waals surface area (Å²) in [7, 11) is -2.44. The van der Waals surface area contributed by atoms with Crippen molar-refractivity contribution in [3.05, 3.63) is 76.3 Å². The summed E-state index contributed by atoms with van der Waals surface area (Å²) in [5.74, 6) is -0.732. The number of halogens is 2. The highest BCUT2D eigenvalue weighted by Gasteiger charge is 2.24. The molecule has 34 heavy (non-hydrogen) atoms. The van der Waals surface area contributed by atoms with Gasteiger partial charge < -0.3 is 9.30 Å². The molecule has 0 radical (unpaired) electrons. The highest BCUT2D eigenvalue weighted by molar-refractivity contribution is 7.92. The fourth-order valence-electron chi connectivity index (χ4n) is 3.48. The van der Waals surface area contributed by atoms with Crippen molar-refractivity contribution >= 4 is 39.4 Å². The molecule has 2 aromatic carbocycles. The summed E-state index contributed by atoms with van der Waals surface area (Å²) in [6.07, 6.45) is 2.44. The minimum absolute atomic E-state index is 0.138. The molecule has 1 aromatic heterocycles. The predicted octanol–water partition coefficient (Wildman–Crippen LogP) is 3.81. The van der Waals surface area contributed by atoms with Gasteiger partial charge >= 0.3 is 0 Å². The molecule has 3 aromatic rings. The van der Waals surface area contributed by atoms with E-state index in [2.05, 4.69) is 10.5 Å². The first-order valence-corrected chi connectivity index (χ1v) is 12.3. The van der Waals surface area contributed by atoms with Crippen molar-refractivity contribution in [2.24, 2.45) is 5.10 Å². The van der Waals surface area contributed by atoms with E-state index in [0.29, 0.717) is 5.02 Å². The molecule has 8 nitrogen and oxygen atoms in total. The van der Waals surface area contributed by atoms with Crippen LogP contribution >= 0.6 is 11.6 Å². The Balaban J connectivity index is 1.78. The standard InChI is InChI=1S/C23H24ClFN4O4S/c1-15-11-17(16(2)29(15)20-8-6-19(25)7-9-20)13-26-27-23(30)14-28(34(4,31)32)21-12-18(24)5-10-22(21)33-3/h5-13H,14H2,1-4H3,(H,27,30)/b26-13-. The summed E-state index contributed by atoms with van der Waals surface area (Å²) in [6.45, 7) is 3.24. The second-order valence-corrected chi connectivity index (χ2v) is 9.86. The van der Waals surface area contributed by atoms with Gasteiger partial charge in [-0.3, -0.25) is 9.10 Å². The van der Waals surface area contributed by atoms with Crippen LogP contribution in [0.3, 0.4) is 0 Å². The van der Waals surface area contributed by atoms with E-state index in [9.17, 15) is 17.6 Å². The zero-order chi connectivity index (χ0) is 25.0. The molecule has 0 saturated heterocycles. The molecule has 3 rings (SSSR count). The Morgan fingerprint density at radius 3 is 2.50 bits per heavy atom. The van der Waals surface area contributed by atoms with Crippen LogP contribution in [0.15, 0.2) is 53.6 Å². The number of hydrogen-bond acceptors (Lipinski definition) is 5. The van der Waals surface area contributed by atoms with Crippen molar-refractivity contribution in [1.82, 2.24) is 9.99 Å². The second kappa shape index (κ2) is 10.3. The number of amides is 1. The summed E-state index contributed by atoms with van der Waals surface area (Å²) in [6, 6.07) is 12.4. The van der Waals surface area contributed by atoms with Crippen molar-refractivity contribution in [3.63, 3.8) is 0 Å². The highest BCUT2D eigenvalue weighted by atomic mass is 35.5. The zero-order valence-electron chi connectivity index (χ0n) is 19.0. The van der Waals surface area contributed by atoms with Crippen LogP contribution in [0.4, 0.5) is 10.1 Å². The number of sulfonamides is 1. The van der Waals surface area contributed by atoms with Gasteiger partial charge in [0.1, 0.15) is 18.1 Å². The molecule has 11 heteroatoms. The van der Waals surface area contributed by atoms with Gasteiger partial charge in [0.2, 0.25) is 10.0 Å². The molecule has 180 valence electrons. The number of carbonyl (C=O) groups excluding carboxylic acids is 1. The molecule has 0 spiro atoms. The fourth-order valence-corrected chi connectivity index (χ4v) is 4.50. The quantitative estimate of drug-likeness (QED) is 0.371. The summed E-state index contributed by atoms with van der Waals surface area (Å²) in [4.78, 5) is 12.5. The lowest BCUT2D eigenvalue weighted by molar-refractivity contribution is -0.119. The second-order valence-electron chi connectivity index (χ2n) is 7.52. The van der Waals surface area contributed by atoms with Gasteiger partial charge in [-0.1, -0.05) is 11.6 Å². The Kier molecular flexibility index (Phi) is 7.63. The molecular weight excluding hydrogens is 483 g/mol. The van der Waals surface area contributed by atoms with Crippen LogP contribution < -0.4 is 14.5 Å². The van der Waals surface area contributed by atoms with Crippen LogP contribution in [-0.2, 0) is 14.8 Å². The van der Waals surface area contributed by atoms with Gasteiger partial charge in [0.15, 0.2) is 0 Å². The monoisotopic (exact) mass is 506 g/mol. The van der Waals surface area contributed by atoms with Gasteiger partial charge in [0.05, 0.1) is 25.3 Å². The minimum atomic E-state index is -3.83. The van der Waals surface area contributed by atoms with Crippen LogP contribution in [0.1, 0.15) is 17.0 Å². The maximum atomic E-state index is 13.3. The maximum absolute atomic E-state index is 13.3. The summed E-state index contributed by atoms with van der Waals surface area (Å²) >= 11 is 6.02. The Labute approximate surface area is 202 Å². The van der Waals surface area contributed by atoms with Crippen LogP contribution in [0.25, 0.3) is 5.69 Å². The van der Waals surface area contributed by atoms with Crippen molar-refractivity contribution in [3.8, 4) is 11.4 Å². The van der Waals surface area contributed by atoms with Gasteiger partial charge in [-0.15, -0.1) is 0 Å². The normalized spacial score (nSPS) is 11.6. The van der Waals surface area contributed by atoms with E-state index in [1.54, 1.807) is 18.2 Å². The average Bonchev–Trinajstić information content (AvgIpc) is 3.05. The lowest BCUT2D eigenvalue weighted by Gasteiger charge is -2.23. The molecule has 0 aliphatic heterocycles. The number of hydrogen-bond donors (Lipinski definition) is 1. The first-order valence-electron chi connectivity index (χ1n) is 10.1. The van der Waals surface area contributed by atoms with E-state index in [1.165, 1.54) is 37.6 Å². The largest absolute Gasteiger partial charge is 0.495 e. The number of hydrazone groups is 1. The van der Waals surface area contributed by atoms with Gasteiger partial charge in [-0.2, -0.15) is 5.10 Å². The zero-order valence-corrected chi connectivity index (χ0v) is 20.6. The number of nitrogens with zero attached hydrogens (tertiary/aromatic N) is 3. The number of ether oxygens (including phenoxy) is 1. The molecule has 0 aliphatic rings. The first kappa shape index (κ1) is 25.3. The molecule has 0 bridgehead atoms. The molecule has 0 atom stereocenters. The SMILES string of the molecule is COc1ccc(Cl)cc1N(CC(=O)N/N=C\c1cc(C)n(-c2ccc(F)cc2)c1C)S(C)(=O)=O. The molecule has 0 unspecified atom stereocenters. The van der Waals surface area contributed by atoms with E-state index in [0.717, 1.165) is 33.2 Å². The Hall–Kier alpha value is -3.37. The van der Waals surface area contributed by atoms with E-state index in [4.69, 9.17) is 16.3 Å². The first-order chi connectivity index (χ1) is 16.0. The maximum Gasteiger partial charge on any atom is 0.260 e.